The number of ether oxygens (including phenoxy) is 2. The van der Waals surface area contributed by atoms with Gasteiger partial charge in [0.05, 0.1) is 36.9 Å². The highest BCUT2D eigenvalue weighted by atomic mass is 32.2. The zero-order valence-electron chi connectivity index (χ0n) is 25.0. The number of amides is 2. The number of hydrogen-bond donors (Lipinski definition) is 1. The quantitative estimate of drug-likeness (QED) is 0.397. The SMILES string of the molecule is Cc1cc2c(cc1C)N(CC(=O)N(C)C(CN1CCOCC1)c1ccc(-c3ccccc3NS(C)(=O)=O)cc1)C(=O)CO2. The van der Waals surface area contributed by atoms with E-state index in [9.17, 15) is 18.0 Å². The number of likely N-dealkylation sites (N-methyl/N-ethyl adjacent to an activating group) is 1. The Morgan fingerprint density at radius 3 is 2.40 bits per heavy atom. The Morgan fingerprint density at radius 2 is 1.70 bits per heavy atom. The van der Waals surface area contributed by atoms with Crippen LogP contribution in [0.4, 0.5) is 11.4 Å². The second-order valence-corrected chi connectivity index (χ2v) is 12.9. The van der Waals surface area contributed by atoms with Crippen molar-refractivity contribution in [2.75, 3.05) is 68.9 Å². The van der Waals surface area contributed by atoms with Crippen LogP contribution in [0, 0.1) is 13.8 Å². The number of para-hydroxylation sites is 1. The lowest BCUT2D eigenvalue weighted by Crippen LogP contribution is -2.48. The van der Waals surface area contributed by atoms with Gasteiger partial charge in [-0.25, -0.2) is 8.42 Å². The molecule has 0 aliphatic carbocycles. The molecule has 0 saturated carbocycles. The maximum atomic E-state index is 13.8. The minimum absolute atomic E-state index is 0.101. The van der Waals surface area contributed by atoms with Gasteiger partial charge in [0.15, 0.2) is 6.61 Å². The summed E-state index contributed by atoms with van der Waals surface area (Å²) in [6.07, 6.45) is 1.13. The Bertz CT molecular complexity index is 1600. The molecule has 0 bridgehead atoms. The molecule has 1 saturated heterocycles. The van der Waals surface area contributed by atoms with Crippen LogP contribution in [0.5, 0.6) is 5.75 Å². The maximum Gasteiger partial charge on any atom is 0.265 e. The average molecular weight is 607 g/mol. The lowest BCUT2D eigenvalue weighted by atomic mass is 9.98. The molecule has 0 spiro atoms. The molecule has 1 N–H and O–H groups in total. The fraction of sp³-hybridized carbons (Fsp3) is 0.375. The number of nitrogens with zero attached hydrogens (tertiary/aromatic N) is 3. The molecular weight excluding hydrogens is 568 g/mol. The van der Waals surface area contributed by atoms with Gasteiger partial charge >= 0.3 is 0 Å². The van der Waals surface area contributed by atoms with E-state index in [1.807, 2.05) is 62.4 Å². The summed E-state index contributed by atoms with van der Waals surface area (Å²) < 4.78 is 37.7. The van der Waals surface area contributed by atoms with Gasteiger partial charge < -0.3 is 14.4 Å². The molecule has 0 aromatic heterocycles. The Balaban J connectivity index is 1.42. The number of morpholine rings is 1. The number of carbonyl (C=O) groups excluding carboxylic acids is 2. The molecule has 2 aliphatic heterocycles. The number of rotatable bonds is 9. The van der Waals surface area contributed by atoms with Gasteiger partial charge in [0.2, 0.25) is 15.9 Å². The normalized spacial score (nSPS) is 16.3. The molecule has 1 unspecified atom stereocenters. The van der Waals surface area contributed by atoms with Crippen molar-refractivity contribution < 1.29 is 27.5 Å². The van der Waals surface area contributed by atoms with E-state index in [1.165, 1.54) is 4.90 Å². The van der Waals surface area contributed by atoms with E-state index in [1.54, 1.807) is 24.1 Å². The molecule has 228 valence electrons. The van der Waals surface area contributed by atoms with Crippen molar-refractivity contribution in [3.05, 3.63) is 77.4 Å². The van der Waals surface area contributed by atoms with E-state index < -0.39 is 10.0 Å². The summed E-state index contributed by atoms with van der Waals surface area (Å²) >= 11 is 0. The highest BCUT2D eigenvalue weighted by Gasteiger charge is 2.32. The van der Waals surface area contributed by atoms with Crippen LogP contribution in [0.3, 0.4) is 0 Å². The topological polar surface area (TPSA) is 108 Å². The van der Waals surface area contributed by atoms with Crippen LogP contribution in [0.1, 0.15) is 22.7 Å². The zero-order valence-corrected chi connectivity index (χ0v) is 25.8. The van der Waals surface area contributed by atoms with Crippen LogP contribution in [0.2, 0.25) is 0 Å². The Labute approximate surface area is 253 Å². The van der Waals surface area contributed by atoms with Crippen LogP contribution in [0.25, 0.3) is 11.1 Å². The minimum atomic E-state index is -3.45. The molecule has 1 fully saturated rings. The number of benzene rings is 3. The summed E-state index contributed by atoms with van der Waals surface area (Å²) in [6, 6.07) is 18.6. The van der Waals surface area contributed by atoms with Gasteiger partial charge in [-0.3, -0.25) is 24.1 Å². The highest BCUT2D eigenvalue weighted by Crippen LogP contribution is 2.35. The largest absolute Gasteiger partial charge is 0.482 e. The third kappa shape index (κ3) is 7.18. The summed E-state index contributed by atoms with van der Waals surface area (Å²) in [7, 11) is -1.67. The van der Waals surface area contributed by atoms with Crippen molar-refractivity contribution in [1.82, 2.24) is 9.80 Å². The molecule has 10 nitrogen and oxygen atoms in total. The van der Waals surface area contributed by atoms with Gasteiger partial charge in [-0.1, -0.05) is 42.5 Å². The lowest BCUT2D eigenvalue weighted by molar-refractivity contribution is -0.133. The van der Waals surface area contributed by atoms with Gasteiger partial charge in [0.25, 0.3) is 5.91 Å². The van der Waals surface area contributed by atoms with Crippen LogP contribution in [-0.2, 0) is 24.3 Å². The molecule has 11 heteroatoms. The smallest absolute Gasteiger partial charge is 0.265 e. The summed E-state index contributed by atoms with van der Waals surface area (Å²) in [4.78, 5) is 32.3. The van der Waals surface area contributed by atoms with E-state index >= 15 is 0 Å². The summed E-state index contributed by atoms with van der Waals surface area (Å²) in [5.41, 5.74) is 5.70. The van der Waals surface area contributed by atoms with Crippen molar-refractivity contribution in [3.63, 3.8) is 0 Å². The number of anilines is 2. The van der Waals surface area contributed by atoms with Crippen LogP contribution >= 0.6 is 0 Å². The predicted molar refractivity (Wildman–Crippen MR) is 167 cm³/mol. The number of aryl methyl sites for hydroxylation is 2. The van der Waals surface area contributed by atoms with E-state index in [4.69, 9.17) is 9.47 Å². The first-order valence-corrected chi connectivity index (χ1v) is 16.2. The van der Waals surface area contributed by atoms with Gasteiger partial charge in [-0.05, 0) is 54.3 Å². The molecule has 0 radical (unpaired) electrons. The molecule has 3 aromatic carbocycles. The average Bonchev–Trinajstić information content (AvgIpc) is 2.98. The first kappa shape index (κ1) is 30.5. The molecule has 5 rings (SSSR count). The van der Waals surface area contributed by atoms with Crippen LogP contribution < -0.4 is 14.4 Å². The summed E-state index contributed by atoms with van der Waals surface area (Å²) in [6.45, 7) is 7.13. The second-order valence-electron chi connectivity index (χ2n) is 11.1. The molecule has 1 atom stereocenters. The van der Waals surface area contributed by atoms with Crippen molar-refractivity contribution in [1.29, 1.82) is 0 Å². The van der Waals surface area contributed by atoms with E-state index in [0.29, 0.717) is 36.9 Å². The van der Waals surface area contributed by atoms with E-state index in [0.717, 1.165) is 47.2 Å². The number of hydrogen-bond acceptors (Lipinski definition) is 7. The molecule has 2 amide bonds. The first-order valence-electron chi connectivity index (χ1n) is 14.3. The Hall–Kier alpha value is -3.93. The zero-order chi connectivity index (χ0) is 30.7. The van der Waals surface area contributed by atoms with Crippen molar-refractivity contribution >= 4 is 33.2 Å². The third-order valence-corrected chi connectivity index (χ3v) is 8.63. The number of carbonyl (C=O) groups is 2. The second kappa shape index (κ2) is 12.7. The number of sulfonamides is 1. The van der Waals surface area contributed by atoms with E-state index in [2.05, 4.69) is 9.62 Å². The van der Waals surface area contributed by atoms with Crippen molar-refractivity contribution in [3.8, 4) is 16.9 Å². The fourth-order valence-corrected chi connectivity index (χ4v) is 6.01. The molecule has 2 aliphatic rings. The van der Waals surface area contributed by atoms with Gasteiger partial charge in [-0.15, -0.1) is 0 Å². The minimum Gasteiger partial charge on any atom is -0.482 e. The lowest BCUT2D eigenvalue weighted by Gasteiger charge is -2.37. The first-order chi connectivity index (χ1) is 20.5. The van der Waals surface area contributed by atoms with Crippen molar-refractivity contribution in [2.24, 2.45) is 0 Å². The molecule has 2 heterocycles. The van der Waals surface area contributed by atoms with E-state index in [-0.39, 0.29) is 31.0 Å². The molecule has 3 aromatic rings. The highest BCUT2D eigenvalue weighted by molar-refractivity contribution is 7.92. The van der Waals surface area contributed by atoms with Crippen molar-refractivity contribution in [2.45, 2.75) is 19.9 Å². The third-order valence-electron chi connectivity index (χ3n) is 8.04. The monoisotopic (exact) mass is 606 g/mol. The van der Waals surface area contributed by atoms with Crippen LogP contribution in [0.15, 0.2) is 60.7 Å². The van der Waals surface area contributed by atoms with Crippen LogP contribution in [-0.4, -0.2) is 89.3 Å². The van der Waals surface area contributed by atoms with Gasteiger partial charge in [0.1, 0.15) is 12.3 Å². The summed E-state index contributed by atoms with van der Waals surface area (Å²) in [5, 5.41) is 0. The fourth-order valence-electron chi connectivity index (χ4n) is 5.43. The van der Waals surface area contributed by atoms with Gasteiger partial charge in [0, 0.05) is 32.2 Å². The molecule has 43 heavy (non-hydrogen) atoms. The Kier molecular flexibility index (Phi) is 9.05. The number of nitrogens with one attached hydrogen (secondary N) is 1. The standard InChI is InChI=1S/C32H38N4O6S/c1-22-17-28-30(18-23(22)2)42-21-32(38)36(28)20-31(37)34(3)29(19-35-13-15-41-16-14-35)25-11-9-24(10-12-25)26-7-5-6-8-27(26)33-43(4,39)40/h5-12,17-18,29,33H,13-16,19-21H2,1-4H3. The van der Waals surface area contributed by atoms with Gasteiger partial charge in [-0.2, -0.15) is 0 Å². The predicted octanol–water partition coefficient (Wildman–Crippen LogP) is 3.60. The maximum absolute atomic E-state index is 13.8. The number of fused-ring (bicyclic) bond motifs is 1. The molecular formula is C32H38N4O6S. The Morgan fingerprint density at radius 1 is 1.02 bits per heavy atom. The summed E-state index contributed by atoms with van der Waals surface area (Å²) in [5.74, 6) is 0.154.